The number of ketones is 1. The molecule has 0 aromatic heterocycles. The molecule has 0 spiro atoms. The van der Waals surface area contributed by atoms with E-state index in [1.165, 1.54) is 0 Å². The van der Waals surface area contributed by atoms with Crippen LogP contribution in [0.4, 0.5) is 0 Å². The van der Waals surface area contributed by atoms with Gasteiger partial charge in [0, 0.05) is 25.9 Å². The Hall–Kier alpha value is -0.900. The molecule has 13 heavy (non-hydrogen) atoms. The summed E-state index contributed by atoms with van der Waals surface area (Å²) in [4.78, 5) is 21.6. The topological polar surface area (TPSA) is 63.6 Å². The van der Waals surface area contributed by atoms with Crippen molar-refractivity contribution in [2.75, 3.05) is 13.2 Å². The number of rotatable bonds is 7. The van der Waals surface area contributed by atoms with E-state index < -0.39 is 0 Å². The van der Waals surface area contributed by atoms with Gasteiger partial charge in [-0.1, -0.05) is 6.92 Å². The highest BCUT2D eigenvalue weighted by Crippen LogP contribution is 1.95. The van der Waals surface area contributed by atoms with E-state index in [9.17, 15) is 9.59 Å². The maximum Gasteiger partial charge on any atom is 0.305 e. The number of Topliss-reactive ketones (excluding diaryl/α,β-unsaturated/α-hetero) is 1. The summed E-state index contributed by atoms with van der Waals surface area (Å²) in [5, 5.41) is 8.43. The highest BCUT2D eigenvalue weighted by molar-refractivity contribution is 5.78. The zero-order valence-electron chi connectivity index (χ0n) is 7.91. The standard InChI is InChI=1S/C9H16O4/c1-2-9(12)13-7-5-8(11)4-3-6-10/h10H,2-7H2,1H3. The van der Waals surface area contributed by atoms with Gasteiger partial charge in [-0.2, -0.15) is 0 Å². The van der Waals surface area contributed by atoms with Gasteiger partial charge in [0.25, 0.3) is 0 Å². The minimum atomic E-state index is -0.282. The van der Waals surface area contributed by atoms with Gasteiger partial charge in [0.1, 0.15) is 5.78 Å². The number of carbonyl (C=O) groups is 2. The summed E-state index contributed by atoms with van der Waals surface area (Å²) >= 11 is 0. The number of ether oxygens (including phenoxy) is 1. The van der Waals surface area contributed by atoms with E-state index in [2.05, 4.69) is 0 Å². The summed E-state index contributed by atoms with van der Waals surface area (Å²) in [6, 6.07) is 0. The van der Waals surface area contributed by atoms with Crippen molar-refractivity contribution in [2.45, 2.75) is 32.6 Å². The molecular weight excluding hydrogens is 172 g/mol. The molecule has 4 nitrogen and oxygen atoms in total. The lowest BCUT2D eigenvalue weighted by atomic mass is 10.2. The average molecular weight is 188 g/mol. The van der Waals surface area contributed by atoms with Crippen molar-refractivity contribution in [3.8, 4) is 0 Å². The fourth-order valence-corrected chi connectivity index (χ4v) is 0.782. The number of esters is 1. The Labute approximate surface area is 77.9 Å². The first kappa shape index (κ1) is 12.1. The Bertz CT molecular complexity index is 165. The van der Waals surface area contributed by atoms with Gasteiger partial charge in [0.05, 0.1) is 6.61 Å². The monoisotopic (exact) mass is 188 g/mol. The SMILES string of the molecule is CCC(=O)OCCC(=O)CCCO. The zero-order chi connectivity index (χ0) is 10.1. The second-order valence-corrected chi connectivity index (χ2v) is 2.69. The van der Waals surface area contributed by atoms with Crippen LogP contribution in [-0.2, 0) is 14.3 Å². The second-order valence-electron chi connectivity index (χ2n) is 2.69. The lowest BCUT2D eigenvalue weighted by Crippen LogP contribution is -2.09. The Morgan fingerprint density at radius 2 is 2.00 bits per heavy atom. The van der Waals surface area contributed by atoms with Gasteiger partial charge in [-0.15, -0.1) is 0 Å². The van der Waals surface area contributed by atoms with Gasteiger partial charge in [-0.05, 0) is 6.42 Å². The lowest BCUT2D eigenvalue weighted by molar-refractivity contribution is -0.143. The van der Waals surface area contributed by atoms with Crippen LogP contribution in [0.2, 0.25) is 0 Å². The summed E-state index contributed by atoms with van der Waals surface area (Å²) in [5.74, 6) is -0.257. The molecule has 0 aliphatic carbocycles. The summed E-state index contributed by atoms with van der Waals surface area (Å²) < 4.78 is 4.72. The minimum Gasteiger partial charge on any atom is -0.465 e. The fraction of sp³-hybridized carbons (Fsp3) is 0.778. The van der Waals surface area contributed by atoms with Crippen LogP contribution in [0.1, 0.15) is 32.6 Å². The minimum absolute atomic E-state index is 0.0259. The van der Waals surface area contributed by atoms with Gasteiger partial charge in [-0.3, -0.25) is 9.59 Å². The molecule has 0 atom stereocenters. The van der Waals surface area contributed by atoms with Gasteiger partial charge in [0.2, 0.25) is 0 Å². The molecule has 0 aliphatic rings. The summed E-state index contributed by atoms with van der Waals surface area (Å²) in [6.45, 7) is 1.90. The molecule has 4 heteroatoms. The summed E-state index contributed by atoms with van der Waals surface area (Å²) in [6.07, 6.45) is 1.44. The molecular formula is C9H16O4. The molecule has 0 rings (SSSR count). The Morgan fingerprint density at radius 3 is 2.54 bits per heavy atom. The highest BCUT2D eigenvalue weighted by Gasteiger charge is 2.03. The van der Waals surface area contributed by atoms with E-state index in [1.807, 2.05) is 0 Å². The molecule has 1 N–H and O–H groups in total. The number of aliphatic hydroxyl groups is 1. The summed E-state index contributed by atoms with van der Waals surface area (Å²) in [5.41, 5.74) is 0. The van der Waals surface area contributed by atoms with Gasteiger partial charge in [0.15, 0.2) is 0 Å². The molecule has 0 aromatic carbocycles. The van der Waals surface area contributed by atoms with E-state index >= 15 is 0 Å². The maximum atomic E-state index is 11.0. The largest absolute Gasteiger partial charge is 0.465 e. The van der Waals surface area contributed by atoms with Crippen molar-refractivity contribution >= 4 is 11.8 Å². The second kappa shape index (κ2) is 7.73. The van der Waals surface area contributed by atoms with E-state index in [4.69, 9.17) is 9.84 Å². The summed E-state index contributed by atoms with van der Waals surface area (Å²) in [7, 11) is 0. The van der Waals surface area contributed by atoms with Crippen LogP contribution < -0.4 is 0 Å². The van der Waals surface area contributed by atoms with Crippen LogP contribution >= 0.6 is 0 Å². The Balaban J connectivity index is 3.31. The van der Waals surface area contributed by atoms with Crippen LogP contribution in [0.15, 0.2) is 0 Å². The molecule has 0 saturated carbocycles. The Kier molecular flexibility index (Phi) is 7.20. The molecule has 0 aliphatic heterocycles. The molecule has 0 amide bonds. The molecule has 0 radical (unpaired) electrons. The predicted molar refractivity (Wildman–Crippen MR) is 47.2 cm³/mol. The zero-order valence-corrected chi connectivity index (χ0v) is 7.91. The number of hydrogen-bond donors (Lipinski definition) is 1. The van der Waals surface area contributed by atoms with Crippen LogP contribution in [0.5, 0.6) is 0 Å². The molecule has 0 bridgehead atoms. The van der Waals surface area contributed by atoms with Crippen molar-refractivity contribution in [3.63, 3.8) is 0 Å². The van der Waals surface area contributed by atoms with Crippen molar-refractivity contribution in [3.05, 3.63) is 0 Å². The number of carbonyl (C=O) groups excluding carboxylic acids is 2. The van der Waals surface area contributed by atoms with Gasteiger partial charge >= 0.3 is 5.97 Å². The van der Waals surface area contributed by atoms with Crippen molar-refractivity contribution in [1.82, 2.24) is 0 Å². The molecule has 0 aromatic rings. The quantitative estimate of drug-likeness (QED) is 0.596. The molecule has 0 fully saturated rings. The van der Waals surface area contributed by atoms with Crippen molar-refractivity contribution in [2.24, 2.45) is 0 Å². The predicted octanol–water partition coefficient (Wildman–Crippen LogP) is 0.671. The smallest absolute Gasteiger partial charge is 0.305 e. The number of hydrogen-bond acceptors (Lipinski definition) is 4. The van der Waals surface area contributed by atoms with E-state index in [1.54, 1.807) is 6.92 Å². The first-order chi connectivity index (χ1) is 6.20. The third kappa shape index (κ3) is 7.46. The lowest BCUT2D eigenvalue weighted by Gasteiger charge is -2.01. The average Bonchev–Trinajstić information content (AvgIpc) is 2.14. The van der Waals surface area contributed by atoms with Crippen LogP contribution in [0.25, 0.3) is 0 Å². The van der Waals surface area contributed by atoms with E-state index in [0.29, 0.717) is 19.3 Å². The van der Waals surface area contributed by atoms with Gasteiger partial charge in [-0.25, -0.2) is 0 Å². The molecule has 76 valence electrons. The number of aliphatic hydroxyl groups excluding tert-OH is 1. The third-order valence-electron chi connectivity index (χ3n) is 1.55. The first-order valence-electron chi connectivity index (χ1n) is 4.49. The van der Waals surface area contributed by atoms with Gasteiger partial charge < -0.3 is 9.84 Å². The fourth-order valence-electron chi connectivity index (χ4n) is 0.782. The normalized spacial score (nSPS) is 9.69. The van der Waals surface area contributed by atoms with Crippen LogP contribution in [-0.4, -0.2) is 30.1 Å². The molecule has 0 saturated heterocycles. The highest BCUT2D eigenvalue weighted by atomic mass is 16.5. The Morgan fingerprint density at radius 1 is 1.31 bits per heavy atom. The molecule has 0 heterocycles. The van der Waals surface area contributed by atoms with E-state index in [0.717, 1.165) is 0 Å². The van der Waals surface area contributed by atoms with Crippen molar-refractivity contribution < 1.29 is 19.4 Å². The third-order valence-corrected chi connectivity index (χ3v) is 1.55. The maximum absolute atomic E-state index is 11.0. The first-order valence-corrected chi connectivity index (χ1v) is 4.49. The molecule has 0 unspecified atom stereocenters. The van der Waals surface area contributed by atoms with Crippen molar-refractivity contribution in [1.29, 1.82) is 0 Å². The van der Waals surface area contributed by atoms with Crippen LogP contribution in [0.3, 0.4) is 0 Å². The van der Waals surface area contributed by atoms with E-state index in [-0.39, 0.29) is 31.4 Å². The van der Waals surface area contributed by atoms with Crippen LogP contribution in [0, 0.1) is 0 Å².